The molecule has 5 heavy (non-hydrogen) atoms. The van der Waals surface area contributed by atoms with Gasteiger partial charge in [0.15, 0.2) is 0 Å². The maximum atomic E-state index is 7.57. The van der Waals surface area contributed by atoms with E-state index < -0.39 is 0 Å². The Morgan fingerprint density at radius 3 is 1.60 bits per heavy atom. The number of hydrogen-bond donors (Lipinski definition) is 1. The zero-order valence-corrected chi connectivity index (χ0v) is 4.62. The molecule has 0 aromatic rings. The molecule has 0 fully saturated rings. The Balaban J connectivity index is -0.0000000200. The molecule has 0 bridgehead atoms. The molecule has 3 heteroatoms. The molecule has 30 valence electrons. The molecule has 1 N–H and O–H groups in total. The van der Waals surface area contributed by atoms with Crippen molar-refractivity contribution in [1.29, 1.82) is 0 Å². The molecular weight excluding hydrogens is 104 g/mol. The molecule has 0 radical (unpaired) electrons. The number of rotatable bonds is 0. The summed E-state index contributed by atoms with van der Waals surface area (Å²) < 4.78 is 0. The van der Waals surface area contributed by atoms with Crippen LogP contribution in [0, 0.1) is 0 Å². The Morgan fingerprint density at radius 1 is 1.60 bits per heavy atom. The summed E-state index contributed by atoms with van der Waals surface area (Å²) in [7, 11) is 0. The Hall–Kier alpha value is 0.634. The van der Waals surface area contributed by atoms with E-state index in [1.807, 2.05) is 0 Å². The summed E-state index contributed by atoms with van der Waals surface area (Å²) in [4.78, 5) is 0. The maximum absolute atomic E-state index is 7.57. The third kappa shape index (κ3) is 79.9. The van der Waals surface area contributed by atoms with Crippen molar-refractivity contribution in [3.63, 3.8) is 0 Å². The smallest absolute Gasteiger partial charge is 2.00 e. The first-order chi connectivity index (χ1) is 1.41. The van der Waals surface area contributed by atoms with Crippen molar-refractivity contribution in [3.8, 4) is 0 Å². The van der Waals surface area contributed by atoms with Crippen molar-refractivity contribution < 1.29 is 32.3 Å². The summed E-state index contributed by atoms with van der Waals surface area (Å²) in [5.74, 6) is 0. The quantitative estimate of drug-likeness (QED) is 0.434. The zero-order chi connectivity index (χ0) is 2.71. The Bertz CT molecular complexity index is 7.61. The van der Waals surface area contributed by atoms with E-state index in [-0.39, 0.29) is 33.8 Å². The van der Waals surface area contributed by atoms with Gasteiger partial charge in [0.05, 0.1) is 0 Å². The van der Waals surface area contributed by atoms with Crippen LogP contribution < -0.4 is 0 Å². The molecule has 0 aliphatic carbocycles. The van der Waals surface area contributed by atoms with Crippen LogP contribution in [0.4, 0.5) is 0 Å². The van der Waals surface area contributed by atoms with Crippen LogP contribution in [0.2, 0.25) is 0 Å². The summed E-state index contributed by atoms with van der Waals surface area (Å²) in [6.45, 7) is 1.93. The first kappa shape index (κ1) is 17.4. The summed E-state index contributed by atoms with van der Waals surface area (Å²) >= 11 is 0. The molecule has 0 saturated carbocycles. The molecule has 0 aromatic heterocycles. The summed E-state index contributed by atoms with van der Waals surface area (Å²) in [5.41, 5.74) is 0. The van der Waals surface area contributed by atoms with Crippen LogP contribution in [0.25, 0.3) is 0 Å². The molecule has 0 spiro atoms. The van der Waals surface area contributed by atoms with Gasteiger partial charge in [-0.2, -0.15) is 0 Å². The number of aliphatic hydroxyl groups is 1. The Morgan fingerprint density at radius 2 is 1.60 bits per heavy atom. The minimum Gasteiger partial charge on any atom is -2.00 e. The van der Waals surface area contributed by atoms with Gasteiger partial charge in [0.2, 0.25) is 0 Å². The Kier molecular flexibility index (Phi) is 79.9. The van der Waals surface area contributed by atoms with Crippen LogP contribution >= 0.6 is 0 Å². The van der Waals surface area contributed by atoms with E-state index in [4.69, 9.17) is 5.11 Å². The average Bonchev–Trinajstić information content (AvgIpc) is 0.918. The predicted molar refractivity (Wildman–Crippen MR) is 13.4 cm³/mol. The Labute approximate surface area is 46.4 Å². The summed E-state index contributed by atoms with van der Waals surface area (Å²) in [6.07, 6.45) is 0. The largest absolute Gasteiger partial charge is 2.00 e. The standard InChI is InChI=1S/C2H6O.O.Ti/c1-2-3;;/h3H,2H2,1H3;;/q;-2;+2. The van der Waals surface area contributed by atoms with Gasteiger partial charge < -0.3 is 10.6 Å². The first-order valence-electron chi connectivity index (χ1n) is 1.02. The fourth-order valence-corrected chi connectivity index (χ4v) is 0. The van der Waals surface area contributed by atoms with E-state index in [1.54, 1.807) is 6.92 Å². The van der Waals surface area contributed by atoms with Crippen molar-refractivity contribution in [2.24, 2.45) is 0 Å². The number of aliphatic hydroxyl groups excluding tert-OH is 1. The van der Waals surface area contributed by atoms with Crippen LogP contribution in [0.15, 0.2) is 0 Å². The molecule has 0 rings (SSSR count). The van der Waals surface area contributed by atoms with E-state index in [1.165, 1.54) is 0 Å². The molecule has 0 atom stereocenters. The molecule has 0 unspecified atom stereocenters. The van der Waals surface area contributed by atoms with Crippen LogP contribution in [0.1, 0.15) is 6.92 Å². The molecule has 0 aliphatic rings. The van der Waals surface area contributed by atoms with Gasteiger partial charge in [-0.15, -0.1) is 0 Å². The van der Waals surface area contributed by atoms with E-state index >= 15 is 0 Å². The van der Waals surface area contributed by atoms with E-state index in [9.17, 15) is 0 Å². The fourth-order valence-electron chi connectivity index (χ4n) is 0. The van der Waals surface area contributed by atoms with Gasteiger partial charge in [-0.3, -0.25) is 0 Å². The number of hydrogen-bond acceptors (Lipinski definition) is 1. The van der Waals surface area contributed by atoms with Crippen molar-refractivity contribution in [1.82, 2.24) is 0 Å². The van der Waals surface area contributed by atoms with Gasteiger partial charge >= 0.3 is 21.7 Å². The van der Waals surface area contributed by atoms with Crippen molar-refractivity contribution in [2.75, 3.05) is 6.61 Å². The van der Waals surface area contributed by atoms with Crippen LogP contribution in [-0.2, 0) is 27.2 Å². The van der Waals surface area contributed by atoms with Gasteiger partial charge in [0.25, 0.3) is 0 Å². The van der Waals surface area contributed by atoms with Crippen LogP contribution in [0.3, 0.4) is 0 Å². The summed E-state index contributed by atoms with van der Waals surface area (Å²) in [5, 5.41) is 7.57. The molecule has 2 nitrogen and oxygen atoms in total. The first-order valence-corrected chi connectivity index (χ1v) is 1.02. The second-order valence-electron chi connectivity index (χ2n) is 0.316. The van der Waals surface area contributed by atoms with Gasteiger partial charge in [0, 0.05) is 6.61 Å². The van der Waals surface area contributed by atoms with E-state index in [0.29, 0.717) is 0 Å². The van der Waals surface area contributed by atoms with Gasteiger partial charge in [0.1, 0.15) is 0 Å². The topological polar surface area (TPSA) is 48.7 Å². The van der Waals surface area contributed by atoms with Crippen LogP contribution in [0.5, 0.6) is 0 Å². The second kappa shape index (κ2) is 22.9. The third-order valence-electron chi connectivity index (χ3n) is 0. The monoisotopic (exact) mass is 110 g/mol. The van der Waals surface area contributed by atoms with Gasteiger partial charge in [-0.05, 0) is 6.92 Å². The summed E-state index contributed by atoms with van der Waals surface area (Å²) in [6, 6.07) is 0. The average molecular weight is 110 g/mol. The second-order valence-corrected chi connectivity index (χ2v) is 0.316. The third-order valence-corrected chi connectivity index (χ3v) is 0. The molecule has 0 aromatic carbocycles. The van der Waals surface area contributed by atoms with Gasteiger partial charge in [-0.25, -0.2) is 0 Å². The molecule has 0 saturated heterocycles. The molecule has 0 amide bonds. The minimum absolute atomic E-state index is 0. The fraction of sp³-hybridized carbons (Fsp3) is 1.00. The van der Waals surface area contributed by atoms with E-state index in [0.717, 1.165) is 0 Å². The molecule has 0 aliphatic heterocycles. The van der Waals surface area contributed by atoms with Gasteiger partial charge in [-0.1, -0.05) is 0 Å². The maximum Gasteiger partial charge on any atom is 2.00 e. The normalized spacial score (nSPS) is 3.60. The van der Waals surface area contributed by atoms with Crippen molar-refractivity contribution in [3.05, 3.63) is 0 Å². The van der Waals surface area contributed by atoms with Crippen molar-refractivity contribution >= 4 is 0 Å². The molecule has 0 heterocycles. The predicted octanol–water partition coefficient (Wildman–Crippen LogP) is -0.123. The van der Waals surface area contributed by atoms with Crippen LogP contribution in [-0.4, -0.2) is 11.7 Å². The minimum atomic E-state index is 0. The van der Waals surface area contributed by atoms with Crippen molar-refractivity contribution in [2.45, 2.75) is 6.92 Å². The molecular formula is C2H6O2Ti. The van der Waals surface area contributed by atoms with E-state index in [2.05, 4.69) is 0 Å². The SMILES string of the molecule is CCO.[O-2].[Ti+2]. The zero-order valence-electron chi connectivity index (χ0n) is 3.06.